The predicted molar refractivity (Wildman–Crippen MR) is 120 cm³/mol. The summed E-state index contributed by atoms with van der Waals surface area (Å²) < 4.78 is 57.7. The Morgan fingerprint density at radius 2 is 1.63 bits per heavy atom. The molecule has 1 atom stereocenters. The molecule has 2 amide bonds. The van der Waals surface area contributed by atoms with Crippen LogP contribution in [0.2, 0.25) is 5.02 Å². The lowest BCUT2D eigenvalue weighted by atomic mass is 9.72. The molecular formula is C25H21ClF4N2O3. The SMILES string of the molecule is CC1(C)CC(=O)C2=C(C1)N(Cc1ccc(F)cc1)C(=O)[C@]2(NC(=O)c1ccc(Cl)cc1)C(F)(F)F. The van der Waals surface area contributed by atoms with Gasteiger partial charge in [0.05, 0.1) is 12.1 Å². The van der Waals surface area contributed by atoms with E-state index in [4.69, 9.17) is 11.6 Å². The van der Waals surface area contributed by atoms with Crippen LogP contribution in [0.1, 0.15) is 42.6 Å². The summed E-state index contributed by atoms with van der Waals surface area (Å²) >= 11 is 5.80. The standard InChI is InChI=1S/C25H21ClF4N2O3/c1-23(2)11-18-20(19(33)12-23)24(25(28,29)30,31-21(34)15-5-7-16(26)8-6-15)22(35)32(18)13-14-3-9-17(27)10-4-14/h3-10H,11-13H2,1-2H3,(H,31,34)/t24-/m0/s1. The molecule has 1 aliphatic heterocycles. The fraction of sp³-hybridized carbons (Fsp3) is 0.320. The molecule has 0 bridgehead atoms. The van der Waals surface area contributed by atoms with E-state index in [0.29, 0.717) is 5.56 Å². The maximum Gasteiger partial charge on any atom is 0.425 e. The van der Waals surface area contributed by atoms with Crippen LogP contribution in [0, 0.1) is 11.2 Å². The van der Waals surface area contributed by atoms with Crippen molar-refractivity contribution in [2.45, 2.75) is 44.9 Å². The summed E-state index contributed by atoms with van der Waals surface area (Å²) in [6.45, 7) is 3.11. The molecule has 10 heteroatoms. The molecule has 0 fully saturated rings. The minimum Gasteiger partial charge on any atom is -0.326 e. The van der Waals surface area contributed by atoms with E-state index in [9.17, 15) is 31.9 Å². The van der Waals surface area contributed by atoms with E-state index in [1.54, 1.807) is 13.8 Å². The Labute approximate surface area is 203 Å². The normalized spacial score (nSPS) is 21.9. The molecule has 1 heterocycles. The Morgan fingerprint density at radius 1 is 1.03 bits per heavy atom. The first kappa shape index (κ1) is 24.9. The number of hydrogen-bond donors (Lipinski definition) is 1. The van der Waals surface area contributed by atoms with Crippen LogP contribution >= 0.6 is 11.6 Å². The van der Waals surface area contributed by atoms with Crippen molar-refractivity contribution in [2.24, 2.45) is 5.41 Å². The van der Waals surface area contributed by atoms with Gasteiger partial charge in [0.15, 0.2) is 5.78 Å². The zero-order valence-electron chi connectivity index (χ0n) is 18.8. The summed E-state index contributed by atoms with van der Waals surface area (Å²) in [5.74, 6) is -4.07. The number of rotatable bonds is 4. The summed E-state index contributed by atoms with van der Waals surface area (Å²) in [4.78, 5) is 40.5. The van der Waals surface area contributed by atoms with Gasteiger partial charge < -0.3 is 10.2 Å². The highest BCUT2D eigenvalue weighted by molar-refractivity contribution is 6.30. The second kappa shape index (κ2) is 8.48. The summed E-state index contributed by atoms with van der Waals surface area (Å²) in [7, 11) is 0. The smallest absolute Gasteiger partial charge is 0.326 e. The molecule has 0 spiro atoms. The monoisotopic (exact) mass is 508 g/mol. The average molecular weight is 509 g/mol. The van der Waals surface area contributed by atoms with E-state index in [0.717, 1.165) is 17.0 Å². The zero-order chi connectivity index (χ0) is 25.8. The van der Waals surface area contributed by atoms with Gasteiger partial charge in [0.2, 0.25) is 5.54 Å². The van der Waals surface area contributed by atoms with Gasteiger partial charge in [0.25, 0.3) is 11.8 Å². The molecule has 1 aliphatic carbocycles. The van der Waals surface area contributed by atoms with Crippen LogP contribution in [-0.4, -0.2) is 34.2 Å². The third-order valence-electron chi connectivity index (χ3n) is 6.21. The highest BCUT2D eigenvalue weighted by Gasteiger charge is 2.71. The Bertz CT molecular complexity index is 1240. The minimum absolute atomic E-state index is 0.00958. The molecular weight excluding hydrogens is 488 g/mol. The van der Waals surface area contributed by atoms with Crippen LogP contribution < -0.4 is 5.32 Å². The van der Waals surface area contributed by atoms with Crippen molar-refractivity contribution >= 4 is 29.2 Å². The largest absolute Gasteiger partial charge is 0.425 e. The Kier molecular flexibility index (Phi) is 6.03. The second-order valence-electron chi connectivity index (χ2n) is 9.49. The number of alkyl halides is 3. The van der Waals surface area contributed by atoms with Crippen molar-refractivity contribution in [1.82, 2.24) is 10.2 Å². The number of nitrogens with one attached hydrogen (secondary N) is 1. The fourth-order valence-corrected chi connectivity index (χ4v) is 4.74. The predicted octanol–water partition coefficient (Wildman–Crippen LogP) is 5.20. The van der Waals surface area contributed by atoms with E-state index >= 15 is 0 Å². The number of carbonyl (C=O) groups excluding carboxylic acids is 3. The van der Waals surface area contributed by atoms with Gasteiger partial charge in [-0.15, -0.1) is 0 Å². The lowest BCUT2D eigenvalue weighted by Gasteiger charge is -2.35. The first-order valence-corrected chi connectivity index (χ1v) is 11.1. The Balaban J connectivity index is 1.86. The van der Waals surface area contributed by atoms with Crippen LogP contribution in [0.15, 0.2) is 59.8 Å². The molecule has 35 heavy (non-hydrogen) atoms. The molecule has 0 saturated heterocycles. The zero-order valence-corrected chi connectivity index (χ0v) is 19.6. The molecule has 0 saturated carbocycles. The van der Waals surface area contributed by atoms with Gasteiger partial charge in [-0.1, -0.05) is 37.6 Å². The molecule has 4 rings (SSSR count). The second-order valence-corrected chi connectivity index (χ2v) is 9.93. The van der Waals surface area contributed by atoms with Crippen LogP contribution in [0.4, 0.5) is 17.6 Å². The van der Waals surface area contributed by atoms with Gasteiger partial charge in [-0.2, -0.15) is 13.2 Å². The van der Waals surface area contributed by atoms with Gasteiger partial charge in [-0.05, 0) is 53.8 Å². The topological polar surface area (TPSA) is 66.5 Å². The van der Waals surface area contributed by atoms with Gasteiger partial charge in [0.1, 0.15) is 5.82 Å². The molecule has 184 valence electrons. The van der Waals surface area contributed by atoms with Crippen LogP contribution in [0.25, 0.3) is 0 Å². The van der Waals surface area contributed by atoms with E-state index in [1.165, 1.54) is 36.4 Å². The van der Waals surface area contributed by atoms with Gasteiger partial charge >= 0.3 is 6.18 Å². The lowest BCUT2D eigenvalue weighted by Crippen LogP contribution is -2.66. The maximum absolute atomic E-state index is 14.8. The summed E-state index contributed by atoms with van der Waals surface area (Å²) in [5.41, 5.74) is -4.91. The van der Waals surface area contributed by atoms with Crippen molar-refractivity contribution in [3.05, 3.63) is 81.8 Å². The van der Waals surface area contributed by atoms with Crippen LogP contribution in [-0.2, 0) is 16.1 Å². The third-order valence-corrected chi connectivity index (χ3v) is 6.46. The number of hydrogen-bond acceptors (Lipinski definition) is 3. The number of nitrogens with zero attached hydrogens (tertiary/aromatic N) is 1. The van der Waals surface area contributed by atoms with E-state index < -0.39 is 46.1 Å². The number of halogens is 5. The third kappa shape index (κ3) is 4.33. The number of allylic oxidation sites excluding steroid dienone is 1. The van der Waals surface area contributed by atoms with Crippen molar-refractivity contribution in [1.29, 1.82) is 0 Å². The van der Waals surface area contributed by atoms with Crippen LogP contribution in [0.5, 0.6) is 0 Å². The number of carbonyl (C=O) groups is 3. The summed E-state index contributed by atoms with van der Waals surface area (Å²) in [6, 6.07) is 10.0. The summed E-state index contributed by atoms with van der Waals surface area (Å²) in [6.07, 6.45) is -5.53. The van der Waals surface area contributed by atoms with Gasteiger partial charge in [0, 0.05) is 22.7 Å². The Hall–Kier alpha value is -3.20. The van der Waals surface area contributed by atoms with Gasteiger partial charge in [-0.25, -0.2) is 4.39 Å². The van der Waals surface area contributed by atoms with Crippen molar-refractivity contribution in [3.63, 3.8) is 0 Å². The molecule has 5 nitrogen and oxygen atoms in total. The molecule has 2 aromatic rings. The molecule has 1 N–H and O–H groups in total. The van der Waals surface area contributed by atoms with E-state index in [2.05, 4.69) is 0 Å². The van der Waals surface area contributed by atoms with Crippen molar-refractivity contribution in [2.75, 3.05) is 0 Å². The average Bonchev–Trinajstić information content (AvgIpc) is 2.98. The van der Waals surface area contributed by atoms with E-state index in [1.807, 2.05) is 5.32 Å². The first-order chi connectivity index (χ1) is 16.2. The highest BCUT2D eigenvalue weighted by atomic mass is 35.5. The fourth-order valence-electron chi connectivity index (χ4n) is 4.61. The summed E-state index contributed by atoms with van der Waals surface area (Å²) in [5, 5.41) is 2.13. The first-order valence-electron chi connectivity index (χ1n) is 10.7. The minimum atomic E-state index is -5.32. The molecule has 0 radical (unpaired) electrons. The lowest BCUT2D eigenvalue weighted by molar-refractivity contribution is -0.190. The molecule has 0 unspecified atom stereocenters. The Morgan fingerprint density at radius 3 is 2.20 bits per heavy atom. The number of Topliss-reactive ketones (excluding diaryl/α,β-unsaturated/α-hetero) is 1. The number of amides is 2. The molecule has 2 aliphatic rings. The highest BCUT2D eigenvalue weighted by Crippen LogP contribution is 2.52. The van der Waals surface area contributed by atoms with E-state index in [-0.39, 0.29) is 35.7 Å². The van der Waals surface area contributed by atoms with Gasteiger partial charge in [-0.3, -0.25) is 14.4 Å². The quantitative estimate of drug-likeness (QED) is 0.578. The van der Waals surface area contributed by atoms with Crippen molar-refractivity contribution in [3.8, 4) is 0 Å². The van der Waals surface area contributed by atoms with Crippen LogP contribution in [0.3, 0.4) is 0 Å². The molecule has 2 aromatic carbocycles. The molecule has 0 aromatic heterocycles. The maximum atomic E-state index is 14.8. The van der Waals surface area contributed by atoms with Crippen molar-refractivity contribution < 1.29 is 31.9 Å². The number of ketones is 1. The number of benzene rings is 2.